The van der Waals surface area contributed by atoms with Gasteiger partial charge in [-0.2, -0.15) is 0 Å². The van der Waals surface area contributed by atoms with Crippen molar-refractivity contribution < 1.29 is 8.81 Å². The molecule has 4 nitrogen and oxygen atoms in total. The number of halogens is 1. The average Bonchev–Trinajstić information content (AvgIpc) is 3.08. The van der Waals surface area contributed by atoms with Gasteiger partial charge in [-0.1, -0.05) is 12.1 Å². The minimum absolute atomic E-state index is 0.266. The predicted octanol–water partition coefficient (Wildman–Crippen LogP) is 3.74. The maximum atomic E-state index is 13.5. The van der Waals surface area contributed by atoms with Crippen LogP contribution in [0.1, 0.15) is 22.5 Å². The summed E-state index contributed by atoms with van der Waals surface area (Å²) in [5.41, 5.74) is 5.13. The largest absolute Gasteiger partial charge is 0.472 e. The molecule has 0 unspecified atom stereocenters. The molecule has 5 heteroatoms. The van der Waals surface area contributed by atoms with E-state index in [0.29, 0.717) is 5.82 Å². The summed E-state index contributed by atoms with van der Waals surface area (Å²) in [5.74, 6) is 0.340. The second-order valence-electron chi connectivity index (χ2n) is 6.16. The lowest BCUT2D eigenvalue weighted by Crippen LogP contribution is -2.31. The van der Waals surface area contributed by atoms with Crippen molar-refractivity contribution in [2.24, 2.45) is 0 Å². The van der Waals surface area contributed by atoms with Gasteiger partial charge in [0.25, 0.3) is 0 Å². The first-order valence-corrected chi connectivity index (χ1v) is 8.05. The van der Waals surface area contributed by atoms with Crippen molar-refractivity contribution >= 4 is 0 Å². The molecule has 2 aromatic heterocycles. The lowest BCUT2D eigenvalue weighted by atomic mass is 10.0. The van der Waals surface area contributed by atoms with Crippen LogP contribution < -0.4 is 0 Å². The first kappa shape index (κ1) is 15.0. The Kier molecular flexibility index (Phi) is 3.86. The summed E-state index contributed by atoms with van der Waals surface area (Å²) in [7, 11) is 0. The summed E-state index contributed by atoms with van der Waals surface area (Å²) in [6, 6.07) is 8.44. The van der Waals surface area contributed by atoms with Gasteiger partial charge in [-0.15, -0.1) is 0 Å². The lowest BCUT2D eigenvalue weighted by Gasteiger charge is -2.28. The van der Waals surface area contributed by atoms with E-state index in [1.165, 1.54) is 23.3 Å². The van der Waals surface area contributed by atoms with Gasteiger partial charge in [0, 0.05) is 48.4 Å². The molecule has 0 radical (unpaired) electrons. The molecule has 122 valence electrons. The zero-order valence-electron chi connectivity index (χ0n) is 13.5. The molecule has 0 aliphatic carbocycles. The first-order chi connectivity index (χ1) is 11.7. The van der Waals surface area contributed by atoms with Gasteiger partial charge in [-0.05, 0) is 25.1 Å². The van der Waals surface area contributed by atoms with E-state index in [9.17, 15) is 4.39 Å². The molecular formula is C19H18FN3O. The highest BCUT2D eigenvalue weighted by Gasteiger charge is 2.21. The zero-order valence-corrected chi connectivity index (χ0v) is 13.5. The van der Waals surface area contributed by atoms with E-state index in [1.54, 1.807) is 18.6 Å². The second-order valence-corrected chi connectivity index (χ2v) is 6.16. The number of aromatic nitrogens is 2. The Balaban J connectivity index is 1.61. The number of benzene rings is 1. The van der Waals surface area contributed by atoms with Crippen LogP contribution in [0.25, 0.3) is 11.4 Å². The van der Waals surface area contributed by atoms with Crippen LogP contribution in [-0.4, -0.2) is 21.4 Å². The summed E-state index contributed by atoms with van der Waals surface area (Å²) < 4.78 is 18.6. The van der Waals surface area contributed by atoms with Gasteiger partial charge in [0.15, 0.2) is 5.82 Å². The van der Waals surface area contributed by atoms with Gasteiger partial charge in [0.2, 0.25) is 0 Å². The quantitative estimate of drug-likeness (QED) is 0.736. The third-order valence-electron chi connectivity index (χ3n) is 4.42. The molecule has 0 bridgehead atoms. The smallest absolute Gasteiger partial charge is 0.159 e. The molecule has 0 saturated carbocycles. The monoisotopic (exact) mass is 323 g/mol. The molecule has 1 aliphatic heterocycles. The fourth-order valence-electron chi connectivity index (χ4n) is 3.17. The van der Waals surface area contributed by atoms with E-state index in [1.807, 2.05) is 19.1 Å². The predicted molar refractivity (Wildman–Crippen MR) is 88.7 cm³/mol. The van der Waals surface area contributed by atoms with Crippen LogP contribution in [0.4, 0.5) is 4.39 Å². The number of hydrogen-bond donors (Lipinski definition) is 0. The van der Waals surface area contributed by atoms with Crippen LogP contribution in [0.3, 0.4) is 0 Å². The fourth-order valence-corrected chi connectivity index (χ4v) is 3.17. The van der Waals surface area contributed by atoms with E-state index >= 15 is 0 Å². The molecule has 0 atom stereocenters. The van der Waals surface area contributed by atoms with Crippen molar-refractivity contribution in [1.29, 1.82) is 0 Å². The Hall–Kier alpha value is -2.53. The molecule has 0 saturated heterocycles. The van der Waals surface area contributed by atoms with E-state index in [0.717, 1.165) is 43.0 Å². The Morgan fingerprint density at radius 2 is 2.17 bits per heavy atom. The fraction of sp³-hybridized carbons (Fsp3) is 0.263. The highest BCUT2D eigenvalue weighted by Crippen LogP contribution is 2.25. The standard InChI is InChI=1S/C19H18FN3O/c1-13-17-11-23(10-14-6-8-24-12-14)7-5-18(17)22-19(21-13)15-3-2-4-16(20)9-15/h2-4,6,8-9,12H,5,7,10-11H2,1H3. The molecule has 3 aromatic rings. The van der Waals surface area contributed by atoms with Crippen molar-refractivity contribution in [2.75, 3.05) is 6.54 Å². The zero-order chi connectivity index (χ0) is 16.5. The molecule has 1 aliphatic rings. The number of furan rings is 1. The van der Waals surface area contributed by atoms with Gasteiger partial charge in [0.1, 0.15) is 5.82 Å². The summed E-state index contributed by atoms with van der Waals surface area (Å²) in [6.45, 7) is 4.64. The molecule has 4 rings (SSSR count). The molecule has 0 amide bonds. The van der Waals surface area contributed by atoms with Gasteiger partial charge in [0.05, 0.1) is 18.2 Å². The van der Waals surface area contributed by atoms with Gasteiger partial charge in [-0.25, -0.2) is 14.4 Å². The molecule has 3 heterocycles. The molecule has 0 fully saturated rings. The topological polar surface area (TPSA) is 42.2 Å². The first-order valence-electron chi connectivity index (χ1n) is 8.05. The number of aryl methyl sites for hydroxylation is 1. The Bertz CT molecular complexity index is 861. The average molecular weight is 323 g/mol. The maximum absolute atomic E-state index is 13.5. The number of rotatable bonds is 3. The van der Waals surface area contributed by atoms with Crippen LogP contribution in [0.15, 0.2) is 47.3 Å². The minimum atomic E-state index is -0.266. The van der Waals surface area contributed by atoms with Crippen LogP contribution in [0.2, 0.25) is 0 Å². The minimum Gasteiger partial charge on any atom is -0.472 e. The third-order valence-corrected chi connectivity index (χ3v) is 4.42. The van der Waals surface area contributed by atoms with Crippen molar-refractivity contribution in [3.05, 3.63) is 71.2 Å². The SMILES string of the molecule is Cc1nc(-c2cccc(F)c2)nc2c1CN(Cc1ccoc1)CC2. The maximum Gasteiger partial charge on any atom is 0.159 e. The van der Waals surface area contributed by atoms with E-state index in [2.05, 4.69) is 9.88 Å². The number of hydrogen-bond acceptors (Lipinski definition) is 4. The number of nitrogens with zero attached hydrogens (tertiary/aromatic N) is 3. The van der Waals surface area contributed by atoms with Crippen LogP contribution in [0.5, 0.6) is 0 Å². The molecule has 24 heavy (non-hydrogen) atoms. The van der Waals surface area contributed by atoms with E-state index in [-0.39, 0.29) is 5.82 Å². The summed E-state index contributed by atoms with van der Waals surface area (Å²) >= 11 is 0. The van der Waals surface area contributed by atoms with Gasteiger partial charge >= 0.3 is 0 Å². The molecule has 1 aromatic carbocycles. The molecular weight excluding hydrogens is 305 g/mol. The summed E-state index contributed by atoms with van der Waals surface area (Å²) in [6.07, 6.45) is 4.36. The third kappa shape index (κ3) is 2.95. The normalized spacial score (nSPS) is 14.6. The highest BCUT2D eigenvalue weighted by atomic mass is 19.1. The van der Waals surface area contributed by atoms with Crippen LogP contribution in [0, 0.1) is 12.7 Å². The molecule has 0 spiro atoms. The number of fused-ring (bicyclic) bond motifs is 1. The Morgan fingerprint density at radius 1 is 1.25 bits per heavy atom. The molecule has 0 N–H and O–H groups in total. The van der Waals surface area contributed by atoms with Crippen LogP contribution in [-0.2, 0) is 19.5 Å². The highest BCUT2D eigenvalue weighted by molar-refractivity contribution is 5.56. The van der Waals surface area contributed by atoms with Crippen molar-refractivity contribution in [3.63, 3.8) is 0 Å². The second kappa shape index (κ2) is 6.17. The Labute approximate surface area is 140 Å². The Morgan fingerprint density at radius 3 is 2.96 bits per heavy atom. The van der Waals surface area contributed by atoms with Crippen molar-refractivity contribution in [2.45, 2.75) is 26.4 Å². The van der Waals surface area contributed by atoms with Gasteiger partial charge in [-0.3, -0.25) is 4.90 Å². The van der Waals surface area contributed by atoms with E-state index in [4.69, 9.17) is 9.40 Å². The summed E-state index contributed by atoms with van der Waals surface area (Å²) in [4.78, 5) is 11.7. The van der Waals surface area contributed by atoms with Crippen LogP contribution >= 0.6 is 0 Å². The van der Waals surface area contributed by atoms with E-state index < -0.39 is 0 Å². The lowest BCUT2D eigenvalue weighted by molar-refractivity contribution is 0.241. The van der Waals surface area contributed by atoms with Crippen molar-refractivity contribution in [1.82, 2.24) is 14.9 Å². The van der Waals surface area contributed by atoms with Crippen molar-refractivity contribution in [3.8, 4) is 11.4 Å². The summed E-state index contributed by atoms with van der Waals surface area (Å²) in [5, 5.41) is 0. The van der Waals surface area contributed by atoms with Gasteiger partial charge < -0.3 is 4.42 Å².